The molecule has 0 fully saturated rings. The maximum Gasteiger partial charge on any atom is 0.222 e. The molecular formula is C9H21NO. The molecule has 0 saturated carbocycles. The predicted octanol–water partition coefficient (Wildman–Crippen LogP) is 2.19. The molecular weight excluding hydrogens is 138 g/mol. The second-order valence-electron chi connectivity index (χ2n) is 2.30. The summed E-state index contributed by atoms with van der Waals surface area (Å²) >= 11 is 0. The van der Waals surface area contributed by atoms with Crippen LogP contribution in [0, 0.1) is 5.92 Å². The van der Waals surface area contributed by atoms with Crippen LogP contribution in [0.15, 0.2) is 0 Å². The van der Waals surface area contributed by atoms with Crippen LogP contribution in [0.5, 0.6) is 0 Å². The zero-order valence-electron chi connectivity index (χ0n) is 8.40. The second kappa shape index (κ2) is 9.47. The summed E-state index contributed by atoms with van der Waals surface area (Å²) in [4.78, 5) is 10.8. The molecule has 1 unspecified atom stereocenters. The van der Waals surface area contributed by atoms with Gasteiger partial charge < -0.3 is 5.32 Å². The molecule has 0 heterocycles. The van der Waals surface area contributed by atoms with Gasteiger partial charge in [-0.2, -0.15) is 0 Å². The summed E-state index contributed by atoms with van der Waals surface area (Å²) in [6, 6.07) is 0. The third-order valence-electron chi connectivity index (χ3n) is 1.42. The highest BCUT2D eigenvalue weighted by Crippen LogP contribution is 2.03. The molecule has 0 aromatic carbocycles. The lowest BCUT2D eigenvalue weighted by atomic mass is 10.1. The lowest BCUT2D eigenvalue weighted by Crippen LogP contribution is -2.24. The lowest BCUT2D eigenvalue weighted by molar-refractivity contribution is -0.124. The van der Waals surface area contributed by atoms with Gasteiger partial charge in [0.25, 0.3) is 0 Å². The van der Waals surface area contributed by atoms with Crippen molar-refractivity contribution in [1.29, 1.82) is 0 Å². The zero-order chi connectivity index (χ0) is 9.28. The van der Waals surface area contributed by atoms with E-state index in [0.717, 1.165) is 12.8 Å². The van der Waals surface area contributed by atoms with Crippen molar-refractivity contribution in [3.63, 3.8) is 0 Å². The van der Waals surface area contributed by atoms with Gasteiger partial charge in [0.1, 0.15) is 0 Å². The van der Waals surface area contributed by atoms with E-state index in [-0.39, 0.29) is 11.8 Å². The highest BCUT2D eigenvalue weighted by molar-refractivity contribution is 5.77. The molecule has 0 rings (SSSR count). The van der Waals surface area contributed by atoms with Gasteiger partial charge in [-0.1, -0.05) is 34.1 Å². The van der Waals surface area contributed by atoms with Gasteiger partial charge in [-0.05, 0) is 6.42 Å². The first kappa shape index (κ1) is 13.1. The van der Waals surface area contributed by atoms with Crippen LogP contribution >= 0.6 is 0 Å². The minimum Gasteiger partial charge on any atom is -0.359 e. The molecule has 2 nitrogen and oxygen atoms in total. The van der Waals surface area contributed by atoms with E-state index in [1.165, 1.54) is 0 Å². The summed E-state index contributed by atoms with van der Waals surface area (Å²) in [7, 11) is 1.68. The highest BCUT2D eigenvalue weighted by Gasteiger charge is 2.07. The molecule has 0 aromatic heterocycles. The van der Waals surface area contributed by atoms with E-state index in [1.54, 1.807) is 7.05 Å². The van der Waals surface area contributed by atoms with Gasteiger partial charge in [0.15, 0.2) is 0 Å². The Morgan fingerprint density at radius 2 is 1.91 bits per heavy atom. The number of amides is 1. The average Bonchev–Trinajstić information content (AvgIpc) is 2.07. The predicted molar refractivity (Wildman–Crippen MR) is 49.5 cm³/mol. The van der Waals surface area contributed by atoms with Gasteiger partial charge in [0.2, 0.25) is 5.91 Å². The smallest absolute Gasteiger partial charge is 0.222 e. The summed E-state index contributed by atoms with van der Waals surface area (Å²) in [6.07, 6.45) is 2.06. The van der Waals surface area contributed by atoms with Crippen LogP contribution in [0.3, 0.4) is 0 Å². The SMILES string of the molecule is CC.CCCC(C)C(=O)NC. The Balaban J connectivity index is 0. The monoisotopic (exact) mass is 159 g/mol. The van der Waals surface area contributed by atoms with E-state index in [4.69, 9.17) is 0 Å². The van der Waals surface area contributed by atoms with Crippen LogP contribution in [0.2, 0.25) is 0 Å². The first-order chi connectivity index (χ1) is 5.22. The molecule has 11 heavy (non-hydrogen) atoms. The Morgan fingerprint density at radius 3 is 2.18 bits per heavy atom. The minimum atomic E-state index is 0.150. The summed E-state index contributed by atoms with van der Waals surface area (Å²) in [5.74, 6) is 0.330. The summed E-state index contributed by atoms with van der Waals surface area (Å²) in [5.41, 5.74) is 0. The largest absolute Gasteiger partial charge is 0.359 e. The highest BCUT2D eigenvalue weighted by atomic mass is 16.1. The third-order valence-corrected chi connectivity index (χ3v) is 1.42. The zero-order valence-corrected chi connectivity index (χ0v) is 8.40. The maximum atomic E-state index is 10.8. The summed E-state index contributed by atoms with van der Waals surface area (Å²) < 4.78 is 0. The van der Waals surface area contributed by atoms with E-state index in [9.17, 15) is 4.79 Å². The Kier molecular flexibility index (Phi) is 11.3. The quantitative estimate of drug-likeness (QED) is 0.672. The fourth-order valence-corrected chi connectivity index (χ4v) is 0.811. The molecule has 2 heteroatoms. The molecule has 1 N–H and O–H groups in total. The second-order valence-corrected chi connectivity index (χ2v) is 2.30. The van der Waals surface area contributed by atoms with Gasteiger partial charge in [-0.15, -0.1) is 0 Å². The van der Waals surface area contributed by atoms with Crippen LogP contribution < -0.4 is 5.32 Å². The van der Waals surface area contributed by atoms with Crippen molar-refractivity contribution in [2.75, 3.05) is 7.05 Å². The Bertz CT molecular complexity index is 91.6. The lowest BCUT2D eigenvalue weighted by Gasteiger charge is -2.06. The van der Waals surface area contributed by atoms with Crippen molar-refractivity contribution in [2.45, 2.75) is 40.5 Å². The molecule has 1 atom stereocenters. The molecule has 1 amide bonds. The number of hydrogen-bond acceptors (Lipinski definition) is 1. The normalized spacial score (nSPS) is 11.0. The topological polar surface area (TPSA) is 29.1 Å². The average molecular weight is 159 g/mol. The van der Waals surface area contributed by atoms with E-state index in [1.807, 2.05) is 20.8 Å². The molecule has 0 aliphatic rings. The van der Waals surface area contributed by atoms with Gasteiger partial charge in [-0.25, -0.2) is 0 Å². The van der Waals surface area contributed by atoms with Crippen molar-refractivity contribution >= 4 is 5.91 Å². The molecule has 0 aromatic rings. The summed E-state index contributed by atoms with van der Waals surface area (Å²) in [6.45, 7) is 8.03. The van der Waals surface area contributed by atoms with Gasteiger partial charge >= 0.3 is 0 Å². The van der Waals surface area contributed by atoms with Gasteiger partial charge in [0, 0.05) is 13.0 Å². The Morgan fingerprint density at radius 1 is 1.45 bits per heavy atom. The van der Waals surface area contributed by atoms with Crippen molar-refractivity contribution in [2.24, 2.45) is 5.92 Å². The maximum absolute atomic E-state index is 10.8. The van der Waals surface area contributed by atoms with Crippen molar-refractivity contribution in [3.8, 4) is 0 Å². The Labute approximate surface area is 70.4 Å². The molecule has 0 aliphatic heterocycles. The van der Waals surface area contributed by atoms with E-state index >= 15 is 0 Å². The number of hydrogen-bond donors (Lipinski definition) is 1. The minimum absolute atomic E-state index is 0.150. The molecule has 0 saturated heterocycles. The van der Waals surface area contributed by atoms with Crippen molar-refractivity contribution in [3.05, 3.63) is 0 Å². The van der Waals surface area contributed by atoms with Crippen LogP contribution in [-0.4, -0.2) is 13.0 Å². The molecule has 0 spiro atoms. The molecule has 0 radical (unpaired) electrons. The van der Waals surface area contributed by atoms with Crippen LogP contribution in [-0.2, 0) is 4.79 Å². The Hall–Kier alpha value is -0.530. The molecule has 68 valence electrons. The number of carbonyl (C=O) groups is 1. The van der Waals surface area contributed by atoms with E-state index in [2.05, 4.69) is 12.2 Å². The van der Waals surface area contributed by atoms with Crippen LogP contribution in [0.1, 0.15) is 40.5 Å². The standard InChI is InChI=1S/C7H15NO.C2H6/c1-4-5-6(2)7(9)8-3;1-2/h6H,4-5H2,1-3H3,(H,8,9);1-2H3. The fourth-order valence-electron chi connectivity index (χ4n) is 0.811. The molecule has 0 aliphatic carbocycles. The van der Waals surface area contributed by atoms with Crippen LogP contribution in [0.25, 0.3) is 0 Å². The third kappa shape index (κ3) is 7.37. The van der Waals surface area contributed by atoms with E-state index < -0.39 is 0 Å². The van der Waals surface area contributed by atoms with Crippen LogP contribution in [0.4, 0.5) is 0 Å². The first-order valence-corrected chi connectivity index (χ1v) is 4.44. The van der Waals surface area contributed by atoms with Crippen molar-refractivity contribution < 1.29 is 4.79 Å². The molecule has 0 bridgehead atoms. The van der Waals surface area contributed by atoms with Gasteiger partial charge in [0.05, 0.1) is 0 Å². The van der Waals surface area contributed by atoms with Gasteiger partial charge in [-0.3, -0.25) is 4.79 Å². The first-order valence-electron chi connectivity index (χ1n) is 4.44. The number of nitrogens with one attached hydrogen (secondary N) is 1. The van der Waals surface area contributed by atoms with E-state index in [0.29, 0.717) is 0 Å². The fraction of sp³-hybridized carbons (Fsp3) is 0.889. The number of carbonyl (C=O) groups excluding carboxylic acids is 1. The number of rotatable bonds is 3. The van der Waals surface area contributed by atoms with Crippen molar-refractivity contribution in [1.82, 2.24) is 5.32 Å². The summed E-state index contributed by atoms with van der Waals surface area (Å²) in [5, 5.41) is 2.61.